The minimum atomic E-state index is -2.47. The molecular formula is C16H18F2OS. The van der Waals surface area contributed by atoms with Crippen LogP contribution in [-0.4, -0.2) is 16.3 Å². The largest absolute Gasteiger partial charge is 0.294 e. The van der Waals surface area contributed by atoms with Gasteiger partial charge in [-0.2, -0.15) is 11.8 Å². The lowest BCUT2D eigenvalue weighted by Gasteiger charge is -2.37. The first-order valence-electron chi connectivity index (χ1n) is 7.21. The number of ketones is 1. The number of hydrogen-bond acceptors (Lipinski definition) is 2. The van der Waals surface area contributed by atoms with Crippen molar-refractivity contribution in [3.63, 3.8) is 0 Å². The monoisotopic (exact) mass is 296 g/mol. The summed E-state index contributed by atoms with van der Waals surface area (Å²) >= 11 is 2.04. The second-order valence-corrected chi connectivity index (χ2v) is 7.37. The summed E-state index contributed by atoms with van der Waals surface area (Å²) in [5, 5.41) is 1.24. The molecule has 0 amide bonds. The maximum Gasteiger partial charge on any atom is 0.263 e. The minimum absolute atomic E-state index is 0.0161. The van der Waals surface area contributed by atoms with E-state index in [1.54, 1.807) is 12.1 Å². The average molecular weight is 296 g/mol. The van der Waals surface area contributed by atoms with Gasteiger partial charge in [-0.1, -0.05) is 30.7 Å². The third kappa shape index (κ3) is 2.90. The smallest absolute Gasteiger partial charge is 0.263 e. The molecule has 2 aliphatic heterocycles. The van der Waals surface area contributed by atoms with E-state index in [1.807, 2.05) is 11.8 Å². The molecule has 0 aliphatic carbocycles. The molecule has 2 bridgehead atoms. The number of benzene rings is 1. The van der Waals surface area contributed by atoms with Crippen LogP contribution in [0.5, 0.6) is 0 Å². The predicted octanol–water partition coefficient (Wildman–Crippen LogP) is 4.87. The van der Waals surface area contributed by atoms with E-state index in [9.17, 15) is 13.6 Å². The summed E-state index contributed by atoms with van der Waals surface area (Å²) in [7, 11) is 0. The Bertz CT molecular complexity index is 474. The summed E-state index contributed by atoms with van der Waals surface area (Å²) in [4.78, 5) is 12.5. The number of Topliss-reactive ketones (excluding diaryl/α,β-unsaturated/α-hetero) is 1. The Kier molecular flexibility index (Phi) is 4.11. The molecule has 1 nitrogen and oxygen atoms in total. The van der Waals surface area contributed by atoms with Crippen molar-refractivity contribution < 1.29 is 13.6 Å². The van der Waals surface area contributed by atoms with E-state index in [2.05, 4.69) is 0 Å². The van der Waals surface area contributed by atoms with E-state index in [0.717, 1.165) is 12.8 Å². The minimum Gasteiger partial charge on any atom is -0.294 e. The fourth-order valence-corrected chi connectivity index (χ4v) is 5.14. The lowest BCUT2D eigenvalue weighted by molar-refractivity contribution is 0.0896. The van der Waals surface area contributed by atoms with Crippen LogP contribution in [0.15, 0.2) is 24.3 Å². The fourth-order valence-electron chi connectivity index (χ4n) is 3.30. The van der Waals surface area contributed by atoms with Crippen LogP contribution >= 0.6 is 11.8 Å². The molecular weight excluding hydrogens is 278 g/mol. The number of hydrogen-bond donors (Lipinski definition) is 0. The first kappa shape index (κ1) is 14.1. The zero-order chi connectivity index (χ0) is 14.1. The van der Waals surface area contributed by atoms with Gasteiger partial charge in [0.2, 0.25) is 0 Å². The van der Waals surface area contributed by atoms with E-state index in [4.69, 9.17) is 0 Å². The molecule has 1 aromatic rings. The lowest BCUT2D eigenvalue weighted by Crippen LogP contribution is -2.32. The summed E-state index contributed by atoms with van der Waals surface area (Å²) in [6.45, 7) is 0. The predicted molar refractivity (Wildman–Crippen MR) is 77.5 cm³/mol. The van der Waals surface area contributed by atoms with Gasteiger partial charge in [-0.3, -0.25) is 4.79 Å². The number of alkyl halides is 2. The summed E-state index contributed by atoms with van der Waals surface area (Å²) in [6, 6.07) is 5.86. The Labute approximate surface area is 122 Å². The van der Waals surface area contributed by atoms with Gasteiger partial charge in [0.25, 0.3) is 6.43 Å². The van der Waals surface area contributed by atoms with Crippen LogP contribution in [0.4, 0.5) is 8.78 Å². The lowest BCUT2D eigenvalue weighted by atomic mass is 9.84. The van der Waals surface area contributed by atoms with Crippen molar-refractivity contribution in [2.24, 2.45) is 5.92 Å². The van der Waals surface area contributed by atoms with Gasteiger partial charge in [0.15, 0.2) is 5.78 Å². The maximum absolute atomic E-state index is 12.5. The van der Waals surface area contributed by atoms with Crippen LogP contribution in [-0.2, 0) is 0 Å². The normalized spacial score (nSPS) is 29.4. The molecule has 2 atom stereocenters. The molecule has 2 aliphatic rings. The van der Waals surface area contributed by atoms with Crippen LogP contribution < -0.4 is 0 Å². The second kappa shape index (κ2) is 5.84. The van der Waals surface area contributed by atoms with Crippen molar-refractivity contribution in [2.45, 2.75) is 49.0 Å². The number of thioether (sulfide) groups is 1. The molecule has 2 heterocycles. The number of carbonyl (C=O) groups is 1. The molecule has 0 spiro atoms. The summed E-state index contributed by atoms with van der Waals surface area (Å²) in [5.74, 6) is 0.229. The molecule has 3 rings (SSSR count). The summed E-state index contributed by atoms with van der Waals surface area (Å²) in [5.41, 5.74) is 0.571. The third-order valence-electron chi connectivity index (χ3n) is 4.35. The number of carbonyl (C=O) groups excluding carboxylic acids is 1. The third-order valence-corrected chi connectivity index (χ3v) is 5.98. The van der Waals surface area contributed by atoms with Gasteiger partial charge in [-0.05, 0) is 25.7 Å². The van der Waals surface area contributed by atoms with Crippen molar-refractivity contribution in [3.05, 3.63) is 35.4 Å². The molecule has 2 fully saturated rings. The van der Waals surface area contributed by atoms with Crippen molar-refractivity contribution in [3.8, 4) is 0 Å². The highest BCUT2D eigenvalue weighted by Gasteiger charge is 2.35. The van der Waals surface area contributed by atoms with Crippen LogP contribution in [0, 0.1) is 5.92 Å². The summed E-state index contributed by atoms with van der Waals surface area (Å²) in [6.07, 6.45) is 3.16. The number of halogens is 2. The topological polar surface area (TPSA) is 17.1 Å². The Balaban J connectivity index is 1.72. The standard InChI is InChI=1S/C16H18F2OS/c17-16(18)11-6-4-10(5-7-11)15(19)12-8-13-2-1-3-14(9-12)20-13/h4-7,12-14,16H,1-3,8-9H2. The van der Waals surface area contributed by atoms with Crippen LogP contribution in [0.25, 0.3) is 0 Å². The van der Waals surface area contributed by atoms with Gasteiger partial charge in [0, 0.05) is 27.5 Å². The first-order chi connectivity index (χ1) is 9.63. The highest BCUT2D eigenvalue weighted by Crippen LogP contribution is 2.44. The zero-order valence-electron chi connectivity index (χ0n) is 11.2. The quantitative estimate of drug-likeness (QED) is 0.740. The SMILES string of the molecule is O=C(c1ccc(C(F)F)cc1)C1CC2CCCC(C1)S2. The fraction of sp³-hybridized carbons (Fsp3) is 0.562. The Morgan fingerprint density at radius 1 is 1.10 bits per heavy atom. The molecule has 0 radical (unpaired) electrons. The molecule has 108 valence electrons. The molecule has 0 saturated carbocycles. The van der Waals surface area contributed by atoms with Gasteiger partial charge >= 0.3 is 0 Å². The van der Waals surface area contributed by atoms with Crippen molar-refractivity contribution in [1.29, 1.82) is 0 Å². The average Bonchev–Trinajstić information content (AvgIpc) is 2.46. The van der Waals surface area contributed by atoms with E-state index in [1.165, 1.54) is 31.4 Å². The zero-order valence-corrected chi connectivity index (χ0v) is 12.0. The van der Waals surface area contributed by atoms with Gasteiger partial charge in [-0.15, -0.1) is 0 Å². The van der Waals surface area contributed by atoms with Crippen molar-refractivity contribution in [2.75, 3.05) is 0 Å². The van der Waals surface area contributed by atoms with Gasteiger partial charge in [-0.25, -0.2) is 8.78 Å². The van der Waals surface area contributed by atoms with Crippen molar-refractivity contribution in [1.82, 2.24) is 0 Å². The Hall–Kier alpha value is -0.900. The van der Waals surface area contributed by atoms with Gasteiger partial charge in [0.05, 0.1) is 0 Å². The highest BCUT2D eigenvalue weighted by atomic mass is 32.2. The van der Waals surface area contributed by atoms with Crippen LogP contribution in [0.3, 0.4) is 0 Å². The second-order valence-electron chi connectivity index (χ2n) is 5.77. The molecule has 4 heteroatoms. The highest BCUT2D eigenvalue weighted by molar-refractivity contribution is 8.00. The Morgan fingerprint density at radius 3 is 2.25 bits per heavy atom. The maximum atomic E-state index is 12.5. The Morgan fingerprint density at radius 2 is 1.70 bits per heavy atom. The van der Waals surface area contributed by atoms with Crippen LogP contribution in [0.1, 0.15) is 54.5 Å². The molecule has 0 aromatic heterocycles. The first-order valence-corrected chi connectivity index (χ1v) is 8.15. The van der Waals surface area contributed by atoms with Gasteiger partial charge < -0.3 is 0 Å². The van der Waals surface area contributed by atoms with E-state index in [0.29, 0.717) is 16.1 Å². The van der Waals surface area contributed by atoms with E-state index >= 15 is 0 Å². The molecule has 0 N–H and O–H groups in total. The summed E-state index contributed by atoms with van der Waals surface area (Å²) < 4.78 is 25.0. The van der Waals surface area contributed by atoms with Gasteiger partial charge in [0.1, 0.15) is 0 Å². The molecule has 20 heavy (non-hydrogen) atoms. The van der Waals surface area contributed by atoms with Crippen LogP contribution in [0.2, 0.25) is 0 Å². The van der Waals surface area contributed by atoms with E-state index < -0.39 is 6.43 Å². The number of rotatable bonds is 3. The molecule has 2 saturated heterocycles. The van der Waals surface area contributed by atoms with Crippen molar-refractivity contribution >= 4 is 17.5 Å². The van der Waals surface area contributed by atoms with E-state index in [-0.39, 0.29) is 17.3 Å². The number of fused-ring (bicyclic) bond motifs is 2. The molecule has 1 aromatic carbocycles. The molecule has 2 unspecified atom stereocenters.